The number of hydrogen-bond acceptors (Lipinski definition) is 15. The van der Waals surface area contributed by atoms with Gasteiger partial charge < -0.3 is 53.1 Å². The minimum Gasteiger partial charge on any atom is -0.349 e. The van der Waals surface area contributed by atoms with Crippen LogP contribution in [-0.4, -0.2) is 116 Å². The molecule has 9 unspecified atom stereocenters. The van der Waals surface area contributed by atoms with Gasteiger partial charge in [-0.15, -0.1) is 0 Å². The fourth-order valence-corrected chi connectivity index (χ4v) is 13.6. The molecule has 66 heavy (non-hydrogen) atoms. The van der Waals surface area contributed by atoms with Crippen LogP contribution in [-0.2, 0) is 72.7 Å². The van der Waals surface area contributed by atoms with E-state index in [1.165, 1.54) is 0 Å². The van der Waals surface area contributed by atoms with Crippen molar-refractivity contribution in [3.05, 3.63) is 31.5 Å². The fourth-order valence-electron chi connectivity index (χ4n) is 5.57. The number of rotatable bonds is 39. The Labute approximate surface area is 401 Å². The van der Waals surface area contributed by atoms with Gasteiger partial charge in [-0.2, -0.15) is 0 Å². The van der Waals surface area contributed by atoms with E-state index in [9.17, 15) is 14.4 Å². The second-order valence-electron chi connectivity index (χ2n) is 17.4. The first kappa shape index (κ1) is 62.6. The number of aromatic nitrogens is 3. The lowest BCUT2D eigenvalue weighted by molar-refractivity contribution is -0.0858. The minimum absolute atomic E-state index is 0.204. The summed E-state index contributed by atoms with van der Waals surface area (Å²) in [6, 6.07) is 0. The summed E-state index contributed by atoms with van der Waals surface area (Å²) in [5.74, 6) is 0. The maximum Gasteiger partial charge on any atom is 0.680 e. The Morgan fingerprint density at radius 2 is 0.439 bits per heavy atom. The Morgan fingerprint density at radius 3 is 0.561 bits per heavy atom. The molecule has 0 saturated heterocycles. The molecule has 0 radical (unpaired) electrons. The molecule has 0 aliphatic heterocycles. The summed E-state index contributed by atoms with van der Waals surface area (Å²) < 4.78 is 80.1. The summed E-state index contributed by atoms with van der Waals surface area (Å²) in [6.45, 7) is 33.7. The third kappa shape index (κ3) is 20.9. The van der Waals surface area contributed by atoms with Crippen LogP contribution in [0.15, 0.2) is 14.4 Å². The smallest absolute Gasteiger partial charge is 0.349 e. The first-order chi connectivity index (χ1) is 31.1. The molecule has 1 heterocycles. The molecule has 1 aromatic rings. The third-order valence-electron chi connectivity index (χ3n) is 11.5. The van der Waals surface area contributed by atoms with Crippen molar-refractivity contribution in [2.75, 3.05) is 19.8 Å². The average molecular weight is 1000 g/mol. The van der Waals surface area contributed by atoms with E-state index in [-0.39, 0.29) is 94.4 Å². The maximum absolute atomic E-state index is 14.5. The van der Waals surface area contributed by atoms with Gasteiger partial charge in [0.05, 0.1) is 39.5 Å². The highest BCUT2D eigenvalue weighted by molar-refractivity contribution is 6.54. The lowest BCUT2D eigenvalue weighted by Gasteiger charge is -2.34. The zero-order valence-electron chi connectivity index (χ0n) is 44.3. The molecule has 1 rings (SSSR count). The highest BCUT2D eigenvalue weighted by Gasteiger charge is 2.52. The molecular weight excluding hydrogens is 907 g/mol. The summed E-state index contributed by atoms with van der Waals surface area (Å²) >= 11 is 0. The van der Waals surface area contributed by atoms with Gasteiger partial charge >= 0.3 is 44.2 Å². The largest absolute Gasteiger partial charge is 0.680 e. The maximum atomic E-state index is 14.5. The molecule has 18 nitrogen and oxygen atoms in total. The number of hydrogen-bond donors (Lipinski definition) is 0. The van der Waals surface area contributed by atoms with Gasteiger partial charge in [0.15, 0.2) is 0 Å². The Hall–Kier alpha value is -1.42. The first-order valence-electron chi connectivity index (χ1n) is 25.1. The Kier molecular flexibility index (Phi) is 30.1. The van der Waals surface area contributed by atoms with Gasteiger partial charge in [0, 0.05) is 54.9 Å². The second kappa shape index (κ2) is 31.7. The highest BCUT2D eigenvalue weighted by atomic mass is 28.4. The standard InChI is InChI=1S/C45H93N3O15Si3/c1-19-34(10)55-64(56-35(11)20-2,57-36(12)21-3)52-31-28-46-43(49)47(29-32-53-65(58-37(13)22-4,59-38(14)23-5)60-39(15)24-6)45(51)48(44(46)50)30-33-54-66(61-40(16)25-7,62-41(17)26-8)63-42(18)27-9/h34-42H,19-33H2,1-18H3. The third-order valence-corrected chi connectivity index (χ3v) is 19.3. The summed E-state index contributed by atoms with van der Waals surface area (Å²) in [7, 11) is -11.6. The van der Waals surface area contributed by atoms with E-state index in [2.05, 4.69) is 0 Å². The van der Waals surface area contributed by atoms with Crippen LogP contribution >= 0.6 is 0 Å². The lowest BCUT2D eigenvalue weighted by atomic mass is 10.3. The Morgan fingerprint density at radius 1 is 0.303 bits per heavy atom. The Bertz CT molecular complexity index is 1340. The molecule has 1 aromatic heterocycles. The van der Waals surface area contributed by atoms with E-state index in [1.807, 2.05) is 125 Å². The monoisotopic (exact) mass is 1000 g/mol. The Balaban J connectivity index is 3.99. The van der Waals surface area contributed by atoms with Crippen LogP contribution in [0.4, 0.5) is 0 Å². The molecule has 0 fully saturated rings. The van der Waals surface area contributed by atoms with Crippen molar-refractivity contribution < 1.29 is 53.1 Å². The van der Waals surface area contributed by atoms with Gasteiger partial charge in [-0.3, -0.25) is 0 Å². The fraction of sp³-hybridized carbons (Fsp3) is 0.933. The zero-order chi connectivity index (χ0) is 50.3. The van der Waals surface area contributed by atoms with Crippen LogP contribution < -0.4 is 17.1 Å². The quantitative estimate of drug-likeness (QED) is 0.0582. The van der Waals surface area contributed by atoms with E-state index in [0.29, 0.717) is 57.8 Å². The van der Waals surface area contributed by atoms with Crippen LogP contribution in [0.1, 0.15) is 182 Å². The van der Waals surface area contributed by atoms with Crippen molar-refractivity contribution in [3.8, 4) is 0 Å². The SMILES string of the molecule is CCC(C)O[Si](OCCn1c(=O)n(CCO[Si](OC(C)CC)(OC(C)CC)OC(C)CC)c(=O)n(CCO[Si](OC(C)CC)(OC(C)CC)OC(C)CC)c1=O)(OC(C)CC)OC(C)CC. The topological polar surface area (TPSA) is 177 Å². The molecule has 0 saturated carbocycles. The van der Waals surface area contributed by atoms with Gasteiger partial charge in [0.25, 0.3) is 0 Å². The predicted octanol–water partition coefficient (Wildman–Crippen LogP) is 7.86. The van der Waals surface area contributed by atoms with Crippen molar-refractivity contribution in [2.24, 2.45) is 0 Å². The van der Waals surface area contributed by atoms with Crippen LogP contribution in [0.2, 0.25) is 0 Å². The average Bonchev–Trinajstić information content (AvgIpc) is 3.28. The second-order valence-corrected chi connectivity index (χ2v) is 23.4. The predicted molar refractivity (Wildman–Crippen MR) is 262 cm³/mol. The van der Waals surface area contributed by atoms with Gasteiger partial charge in [0.1, 0.15) is 0 Å². The first-order valence-corrected chi connectivity index (χ1v) is 30.0. The van der Waals surface area contributed by atoms with Crippen LogP contribution in [0.3, 0.4) is 0 Å². The van der Waals surface area contributed by atoms with E-state index < -0.39 is 44.2 Å². The van der Waals surface area contributed by atoms with Crippen LogP contribution in [0, 0.1) is 0 Å². The van der Waals surface area contributed by atoms with Gasteiger partial charge in [0.2, 0.25) is 0 Å². The molecule has 0 bridgehead atoms. The van der Waals surface area contributed by atoms with Crippen molar-refractivity contribution in [1.82, 2.24) is 13.7 Å². The molecule has 0 amide bonds. The molecule has 0 aliphatic rings. The molecule has 0 aliphatic carbocycles. The minimum atomic E-state index is -3.87. The summed E-state index contributed by atoms with van der Waals surface area (Å²) in [5, 5.41) is 0. The van der Waals surface area contributed by atoms with Gasteiger partial charge in [-0.05, 0) is 120 Å². The van der Waals surface area contributed by atoms with Gasteiger partial charge in [-0.1, -0.05) is 62.3 Å². The molecule has 9 atom stereocenters. The van der Waals surface area contributed by atoms with Crippen molar-refractivity contribution in [1.29, 1.82) is 0 Å². The molecule has 21 heteroatoms. The van der Waals surface area contributed by atoms with Crippen LogP contribution in [0.25, 0.3) is 0 Å². The van der Waals surface area contributed by atoms with E-state index >= 15 is 0 Å². The summed E-state index contributed by atoms with van der Waals surface area (Å²) in [4.78, 5) is 43.4. The van der Waals surface area contributed by atoms with Gasteiger partial charge in [-0.25, -0.2) is 28.1 Å². The number of nitrogens with zero attached hydrogens (tertiary/aromatic N) is 3. The van der Waals surface area contributed by atoms with E-state index in [4.69, 9.17) is 53.1 Å². The normalized spacial score (nSPS) is 19.2. The molecular formula is C45H93N3O15Si3. The summed E-state index contributed by atoms with van der Waals surface area (Å²) in [6.07, 6.45) is 3.57. The van der Waals surface area contributed by atoms with Crippen LogP contribution in [0.5, 0.6) is 0 Å². The molecule has 0 aromatic carbocycles. The van der Waals surface area contributed by atoms with E-state index in [0.717, 1.165) is 13.7 Å². The highest BCUT2D eigenvalue weighted by Crippen LogP contribution is 2.25. The van der Waals surface area contributed by atoms with Crippen molar-refractivity contribution in [2.45, 2.75) is 257 Å². The molecule has 0 N–H and O–H groups in total. The summed E-state index contributed by atoms with van der Waals surface area (Å²) in [5.41, 5.74) is -2.58. The van der Waals surface area contributed by atoms with E-state index in [1.54, 1.807) is 0 Å². The van der Waals surface area contributed by atoms with Crippen molar-refractivity contribution in [3.63, 3.8) is 0 Å². The lowest BCUT2D eigenvalue weighted by Crippen LogP contribution is -2.58. The van der Waals surface area contributed by atoms with Crippen molar-refractivity contribution >= 4 is 27.1 Å². The molecule has 0 spiro atoms. The zero-order valence-corrected chi connectivity index (χ0v) is 47.3. The molecule has 390 valence electrons.